The van der Waals surface area contributed by atoms with Crippen molar-refractivity contribution in [3.8, 4) is 0 Å². The van der Waals surface area contributed by atoms with Gasteiger partial charge in [0.05, 0.1) is 10.5 Å². The summed E-state index contributed by atoms with van der Waals surface area (Å²) in [5.41, 5.74) is -0.0622. The van der Waals surface area contributed by atoms with Crippen LogP contribution in [0, 0.1) is 10.1 Å². The van der Waals surface area contributed by atoms with Crippen molar-refractivity contribution in [2.45, 2.75) is 18.4 Å². The minimum absolute atomic E-state index is 0.0286. The molecule has 0 aromatic heterocycles. The number of amides is 1. The molecule has 2 aromatic rings. The number of nitrogens with zero attached hydrogens (tertiary/aromatic N) is 1. The van der Waals surface area contributed by atoms with Gasteiger partial charge in [-0.2, -0.15) is 0 Å². The Morgan fingerprint density at radius 3 is 2.16 bits per heavy atom. The summed E-state index contributed by atoms with van der Waals surface area (Å²) in [6.45, 7) is 7.57. The van der Waals surface area contributed by atoms with Gasteiger partial charge in [-0.05, 0) is 24.5 Å². The van der Waals surface area contributed by atoms with Crippen LogP contribution in [0.3, 0.4) is 0 Å². The summed E-state index contributed by atoms with van der Waals surface area (Å²) in [5, 5.41) is 14.2. The van der Waals surface area contributed by atoms with Gasteiger partial charge in [0.1, 0.15) is 5.56 Å². The minimum atomic E-state index is -0.758. The highest BCUT2D eigenvalue weighted by molar-refractivity contribution is 5.98. The smallest absolute Gasteiger partial charge is 0.282 e. The molecule has 0 spiro atoms. The molecule has 0 aliphatic rings. The van der Waals surface area contributed by atoms with Crippen molar-refractivity contribution < 1.29 is 9.72 Å². The maximum atomic E-state index is 12.8. The summed E-state index contributed by atoms with van der Waals surface area (Å²) in [5.74, 6) is -0.500. The van der Waals surface area contributed by atoms with Crippen molar-refractivity contribution in [2.75, 3.05) is 0 Å². The first-order valence-electron chi connectivity index (χ1n) is 7.87. The normalized spacial score (nSPS) is 10.7. The van der Waals surface area contributed by atoms with Gasteiger partial charge in [0.2, 0.25) is 0 Å². The molecule has 0 bridgehead atoms. The molecular formula is C20H20N2O3. The number of nitro benzene ring substituents is 1. The summed E-state index contributed by atoms with van der Waals surface area (Å²) < 4.78 is 0. The number of benzene rings is 2. The van der Waals surface area contributed by atoms with Gasteiger partial charge in [-0.15, -0.1) is 13.2 Å². The first-order chi connectivity index (χ1) is 12.0. The van der Waals surface area contributed by atoms with E-state index in [2.05, 4.69) is 18.5 Å². The van der Waals surface area contributed by atoms with Gasteiger partial charge in [0.25, 0.3) is 11.6 Å². The molecule has 0 fully saturated rings. The van der Waals surface area contributed by atoms with Crippen molar-refractivity contribution >= 4 is 11.6 Å². The molecule has 128 valence electrons. The molecule has 5 heteroatoms. The van der Waals surface area contributed by atoms with Crippen LogP contribution >= 0.6 is 0 Å². The molecule has 2 rings (SSSR count). The van der Waals surface area contributed by atoms with Crippen LogP contribution < -0.4 is 5.32 Å². The number of hydrogen-bond donors (Lipinski definition) is 1. The van der Waals surface area contributed by atoms with Crippen molar-refractivity contribution in [3.05, 3.63) is 101 Å². The molecule has 0 aliphatic carbocycles. The number of nitro groups is 1. The highest BCUT2D eigenvalue weighted by atomic mass is 16.6. The number of carbonyl (C=O) groups is 1. The summed E-state index contributed by atoms with van der Waals surface area (Å²) in [7, 11) is 0. The van der Waals surface area contributed by atoms with Crippen LogP contribution in [0.4, 0.5) is 5.69 Å². The van der Waals surface area contributed by atoms with Gasteiger partial charge < -0.3 is 5.32 Å². The van der Waals surface area contributed by atoms with E-state index in [0.29, 0.717) is 12.8 Å². The molecule has 0 saturated carbocycles. The Labute approximate surface area is 146 Å². The Hall–Kier alpha value is -3.21. The van der Waals surface area contributed by atoms with E-state index in [-0.39, 0.29) is 11.3 Å². The zero-order chi connectivity index (χ0) is 18.3. The fraction of sp³-hybridized carbons (Fsp3) is 0.150. The number of hydrogen-bond acceptors (Lipinski definition) is 3. The molecule has 0 heterocycles. The minimum Gasteiger partial charge on any atom is -0.342 e. The lowest BCUT2D eigenvalue weighted by molar-refractivity contribution is -0.385. The molecule has 2 aromatic carbocycles. The standard InChI is InChI=1S/C20H20N2O3/c1-3-14-20(15-4-2,16-10-6-5-7-11-16)21-19(23)17-12-8-9-13-18(17)22(24)25/h3-13H,1-2,14-15H2,(H,21,23). The van der Waals surface area contributed by atoms with Gasteiger partial charge in [-0.1, -0.05) is 54.6 Å². The third-order valence-electron chi connectivity index (χ3n) is 4.01. The van der Waals surface area contributed by atoms with E-state index >= 15 is 0 Å². The maximum Gasteiger partial charge on any atom is 0.282 e. The van der Waals surface area contributed by atoms with Crippen LogP contribution in [0.5, 0.6) is 0 Å². The number of carbonyl (C=O) groups excluding carboxylic acids is 1. The summed E-state index contributed by atoms with van der Waals surface area (Å²) >= 11 is 0. The second kappa shape index (κ2) is 8.06. The second-order valence-electron chi connectivity index (χ2n) is 5.66. The number of nitrogens with one attached hydrogen (secondary N) is 1. The quantitative estimate of drug-likeness (QED) is 0.442. The Kier molecular flexibility index (Phi) is 5.84. The SMILES string of the molecule is C=CCC(CC=C)(NC(=O)c1ccccc1[N+](=O)[O-])c1ccccc1. The van der Waals surface area contributed by atoms with Crippen LogP contribution in [0.2, 0.25) is 0 Å². The summed E-state index contributed by atoms with van der Waals surface area (Å²) in [6, 6.07) is 15.4. The fourth-order valence-electron chi connectivity index (χ4n) is 2.85. The molecule has 0 atom stereocenters. The molecule has 1 amide bonds. The molecule has 5 nitrogen and oxygen atoms in total. The van der Waals surface area contributed by atoms with Crippen LogP contribution in [0.1, 0.15) is 28.8 Å². The lowest BCUT2D eigenvalue weighted by atomic mass is 9.83. The van der Waals surface area contributed by atoms with E-state index in [9.17, 15) is 14.9 Å². The predicted molar refractivity (Wildman–Crippen MR) is 98.3 cm³/mol. The molecule has 0 unspecified atom stereocenters. The Bertz CT molecular complexity index is 775. The largest absolute Gasteiger partial charge is 0.342 e. The van der Waals surface area contributed by atoms with E-state index in [4.69, 9.17) is 0 Å². The van der Waals surface area contributed by atoms with Gasteiger partial charge in [0, 0.05) is 6.07 Å². The third-order valence-corrected chi connectivity index (χ3v) is 4.01. The zero-order valence-corrected chi connectivity index (χ0v) is 13.9. The Morgan fingerprint density at radius 2 is 1.60 bits per heavy atom. The maximum absolute atomic E-state index is 12.8. The highest BCUT2D eigenvalue weighted by Crippen LogP contribution is 2.31. The molecule has 0 saturated heterocycles. The first kappa shape index (κ1) is 18.1. The second-order valence-corrected chi connectivity index (χ2v) is 5.66. The van der Waals surface area contributed by atoms with Crippen LogP contribution in [-0.2, 0) is 5.54 Å². The third kappa shape index (κ3) is 4.01. The fourth-order valence-corrected chi connectivity index (χ4v) is 2.85. The molecule has 0 radical (unpaired) electrons. The van der Waals surface area contributed by atoms with E-state index in [1.165, 1.54) is 18.2 Å². The van der Waals surface area contributed by atoms with Crippen LogP contribution in [0.25, 0.3) is 0 Å². The van der Waals surface area contributed by atoms with Crippen LogP contribution in [-0.4, -0.2) is 10.8 Å². The first-order valence-corrected chi connectivity index (χ1v) is 7.87. The molecular weight excluding hydrogens is 316 g/mol. The van der Waals surface area contributed by atoms with E-state index in [0.717, 1.165) is 5.56 Å². The van der Waals surface area contributed by atoms with Gasteiger partial charge in [-0.3, -0.25) is 14.9 Å². The average Bonchev–Trinajstić information content (AvgIpc) is 2.62. The van der Waals surface area contributed by atoms with E-state index in [1.807, 2.05) is 30.3 Å². The predicted octanol–water partition coefficient (Wildman–Crippen LogP) is 4.37. The van der Waals surface area contributed by atoms with Crippen molar-refractivity contribution in [2.24, 2.45) is 0 Å². The average molecular weight is 336 g/mol. The van der Waals surface area contributed by atoms with Gasteiger partial charge >= 0.3 is 0 Å². The summed E-state index contributed by atoms with van der Waals surface area (Å²) in [6.07, 6.45) is 4.37. The molecule has 25 heavy (non-hydrogen) atoms. The number of para-hydroxylation sites is 1. The number of rotatable bonds is 8. The highest BCUT2D eigenvalue weighted by Gasteiger charge is 2.33. The topological polar surface area (TPSA) is 72.2 Å². The zero-order valence-electron chi connectivity index (χ0n) is 13.9. The summed E-state index contributed by atoms with van der Waals surface area (Å²) in [4.78, 5) is 23.5. The van der Waals surface area contributed by atoms with Crippen LogP contribution in [0.15, 0.2) is 79.9 Å². The van der Waals surface area contributed by atoms with E-state index in [1.54, 1.807) is 18.2 Å². The van der Waals surface area contributed by atoms with Crippen molar-refractivity contribution in [3.63, 3.8) is 0 Å². The monoisotopic (exact) mass is 336 g/mol. The Morgan fingerprint density at radius 1 is 1.04 bits per heavy atom. The van der Waals surface area contributed by atoms with Gasteiger partial charge in [0.15, 0.2) is 0 Å². The van der Waals surface area contributed by atoms with Gasteiger partial charge in [-0.25, -0.2) is 0 Å². The lowest BCUT2D eigenvalue weighted by Gasteiger charge is -2.34. The van der Waals surface area contributed by atoms with Crippen molar-refractivity contribution in [1.29, 1.82) is 0 Å². The van der Waals surface area contributed by atoms with E-state index < -0.39 is 16.4 Å². The Balaban J connectivity index is 2.47. The molecule has 1 N–H and O–H groups in total. The molecule has 0 aliphatic heterocycles. The van der Waals surface area contributed by atoms with Crippen molar-refractivity contribution in [1.82, 2.24) is 5.32 Å². The lowest BCUT2D eigenvalue weighted by Crippen LogP contribution is -2.45.